The Morgan fingerprint density at radius 3 is 2.72 bits per heavy atom. The summed E-state index contributed by atoms with van der Waals surface area (Å²) in [5.74, 6) is -1.95. The van der Waals surface area contributed by atoms with E-state index in [1.54, 1.807) is 48.5 Å². The number of thiazole rings is 1. The third-order valence-electron chi connectivity index (χ3n) is 5.73. The van der Waals surface area contributed by atoms with Gasteiger partial charge < -0.3 is 9.84 Å². The van der Waals surface area contributed by atoms with Gasteiger partial charge in [0.25, 0.3) is 5.78 Å². The summed E-state index contributed by atoms with van der Waals surface area (Å²) in [5.41, 5.74) is 1.25. The Hall–Kier alpha value is -3.75. The summed E-state index contributed by atoms with van der Waals surface area (Å²) in [6.07, 6.45) is 0.808. The van der Waals surface area contributed by atoms with Gasteiger partial charge in [0.05, 0.1) is 28.4 Å². The van der Waals surface area contributed by atoms with Crippen molar-refractivity contribution in [3.63, 3.8) is 0 Å². The fourth-order valence-corrected chi connectivity index (χ4v) is 5.34. The predicted octanol–water partition coefficient (Wildman–Crippen LogP) is 6.50. The first kappa shape index (κ1) is 24.0. The highest BCUT2D eigenvalue weighted by molar-refractivity contribution is 7.22. The molecular formula is C27H20ClFN2O4S. The first-order valence-electron chi connectivity index (χ1n) is 11.2. The molecule has 0 radical (unpaired) electrons. The second-order valence-corrected chi connectivity index (χ2v) is 9.65. The number of aliphatic hydroxyl groups is 1. The van der Waals surface area contributed by atoms with Gasteiger partial charge in [0.1, 0.15) is 17.3 Å². The lowest BCUT2D eigenvalue weighted by Gasteiger charge is -2.23. The molecular weight excluding hydrogens is 503 g/mol. The fourth-order valence-electron chi connectivity index (χ4n) is 4.12. The lowest BCUT2D eigenvalue weighted by atomic mass is 9.95. The van der Waals surface area contributed by atoms with Crippen molar-refractivity contribution >= 4 is 55.7 Å². The number of carbonyl (C=O) groups excluding carboxylic acids is 2. The second kappa shape index (κ2) is 9.72. The summed E-state index contributed by atoms with van der Waals surface area (Å²) in [4.78, 5) is 32.4. The van der Waals surface area contributed by atoms with Crippen LogP contribution in [0.5, 0.6) is 5.75 Å². The molecule has 2 heterocycles. The van der Waals surface area contributed by atoms with Crippen molar-refractivity contribution < 1.29 is 23.8 Å². The summed E-state index contributed by atoms with van der Waals surface area (Å²) in [7, 11) is 0. The summed E-state index contributed by atoms with van der Waals surface area (Å²) < 4.78 is 20.0. The van der Waals surface area contributed by atoms with Crippen LogP contribution in [0, 0.1) is 5.82 Å². The Morgan fingerprint density at radius 2 is 1.94 bits per heavy atom. The molecule has 3 aromatic carbocycles. The molecule has 182 valence electrons. The minimum absolute atomic E-state index is 0.0969. The Kier molecular flexibility index (Phi) is 6.47. The van der Waals surface area contributed by atoms with Gasteiger partial charge in [-0.3, -0.25) is 14.5 Å². The van der Waals surface area contributed by atoms with Crippen molar-refractivity contribution in [1.82, 2.24) is 4.98 Å². The van der Waals surface area contributed by atoms with E-state index >= 15 is 0 Å². The van der Waals surface area contributed by atoms with Crippen LogP contribution in [0.15, 0.2) is 72.3 Å². The van der Waals surface area contributed by atoms with Gasteiger partial charge in [-0.1, -0.05) is 54.1 Å². The number of hydrogen-bond acceptors (Lipinski definition) is 6. The zero-order valence-electron chi connectivity index (χ0n) is 19.1. The molecule has 6 nitrogen and oxygen atoms in total. The van der Waals surface area contributed by atoms with Gasteiger partial charge in [0, 0.05) is 10.6 Å². The molecule has 1 amide bonds. The molecule has 4 aromatic rings. The molecule has 1 aliphatic heterocycles. The third kappa shape index (κ3) is 4.34. The van der Waals surface area contributed by atoms with Crippen molar-refractivity contribution in [1.29, 1.82) is 0 Å². The maximum atomic E-state index is 13.8. The van der Waals surface area contributed by atoms with E-state index in [9.17, 15) is 19.1 Å². The van der Waals surface area contributed by atoms with Crippen molar-refractivity contribution in [2.45, 2.75) is 19.4 Å². The van der Waals surface area contributed by atoms with Crippen LogP contribution >= 0.6 is 22.9 Å². The number of fused-ring (bicyclic) bond motifs is 1. The molecule has 36 heavy (non-hydrogen) atoms. The standard InChI is InChI=1S/C27H20ClFN2O4S/c1-2-11-35-19-8-4-6-16(13-19)24(32)22-23(15-5-3-7-17(28)12-15)31(26(34)25(22)33)27-30-20-10-9-18(29)14-21(20)36-27/h3-10,12-14,23,32H,2,11H2,1H3/b24-22+. The van der Waals surface area contributed by atoms with Crippen LogP contribution in [0.2, 0.25) is 5.02 Å². The number of halogens is 2. The molecule has 1 aliphatic rings. The van der Waals surface area contributed by atoms with Crippen LogP contribution in [0.1, 0.15) is 30.5 Å². The molecule has 1 fully saturated rings. The molecule has 1 aromatic heterocycles. The smallest absolute Gasteiger partial charge is 0.301 e. The topological polar surface area (TPSA) is 79.7 Å². The maximum absolute atomic E-state index is 13.8. The average molecular weight is 523 g/mol. The maximum Gasteiger partial charge on any atom is 0.301 e. The second-order valence-electron chi connectivity index (χ2n) is 8.21. The fraction of sp³-hybridized carbons (Fsp3) is 0.148. The first-order chi connectivity index (χ1) is 17.4. The van der Waals surface area contributed by atoms with Gasteiger partial charge >= 0.3 is 5.91 Å². The van der Waals surface area contributed by atoms with Crippen LogP contribution < -0.4 is 9.64 Å². The number of aliphatic hydroxyl groups excluding tert-OH is 1. The van der Waals surface area contributed by atoms with Crippen molar-refractivity contribution in [3.8, 4) is 5.75 Å². The van der Waals surface area contributed by atoms with E-state index in [1.807, 2.05) is 6.92 Å². The molecule has 0 saturated carbocycles. The van der Waals surface area contributed by atoms with Gasteiger partial charge in [-0.15, -0.1) is 0 Å². The van der Waals surface area contributed by atoms with Gasteiger partial charge in [-0.2, -0.15) is 0 Å². The SMILES string of the molecule is CCCOc1cccc(/C(O)=C2\C(=O)C(=O)N(c3nc4ccc(F)cc4s3)C2c2cccc(Cl)c2)c1. The Morgan fingerprint density at radius 1 is 1.14 bits per heavy atom. The molecule has 9 heteroatoms. The number of ether oxygens (including phenoxy) is 1. The number of benzene rings is 3. The minimum atomic E-state index is -0.991. The summed E-state index contributed by atoms with van der Waals surface area (Å²) in [5, 5.41) is 11.9. The lowest BCUT2D eigenvalue weighted by Crippen LogP contribution is -2.29. The zero-order valence-corrected chi connectivity index (χ0v) is 20.6. The highest BCUT2D eigenvalue weighted by Crippen LogP contribution is 2.44. The number of aromatic nitrogens is 1. The van der Waals surface area contributed by atoms with Gasteiger partial charge in [-0.25, -0.2) is 9.37 Å². The summed E-state index contributed by atoms with van der Waals surface area (Å²) in [6.45, 7) is 2.47. The van der Waals surface area contributed by atoms with Gasteiger partial charge in [-0.05, 0) is 54.4 Å². The molecule has 0 bridgehead atoms. The zero-order chi connectivity index (χ0) is 25.4. The van der Waals surface area contributed by atoms with E-state index in [2.05, 4.69) is 4.98 Å². The van der Waals surface area contributed by atoms with E-state index in [1.165, 1.54) is 23.1 Å². The van der Waals surface area contributed by atoms with Crippen LogP contribution in [-0.2, 0) is 9.59 Å². The first-order valence-corrected chi connectivity index (χ1v) is 12.4. The lowest BCUT2D eigenvalue weighted by molar-refractivity contribution is -0.132. The summed E-state index contributed by atoms with van der Waals surface area (Å²) >= 11 is 7.33. The number of carbonyl (C=O) groups is 2. The molecule has 1 N–H and O–H groups in total. The molecule has 1 unspecified atom stereocenters. The highest BCUT2D eigenvalue weighted by atomic mass is 35.5. The van der Waals surface area contributed by atoms with Crippen LogP contribution in [0.25, 0.3) is 16.0 Å². The predicted molar refractivity (Wildman–Crippen MR) is 138 cm³/mol. The summed E-state index contributed by atoms with van der Waals surface area (Å²) in [6, 6.07) is 16.5. The molecule has 0 aliphatic carbocycles. The molecule has 1 atom stereocenters. The molecule has 5 rings (SSSR count). The number of nitrogens with zero attached hydrogens (tertiary/aromatic N) is 2. The van der Waals surface area contributed by atoms with E-state index in [0.29, 0.717) is 38.7 Å². The van der Waals surface area contributed by atoms with Crippen molar-refractivity contribution in [3.05, 3.63) is 94.3 Å². The Bertz CT molecular complexity index is 1530. The van der Waals surface area contributed by atoms with Crippen molar-refractivity contribution in [2.75, 3.05) is 11.5 Å². The van der Waals surface area contributed by atoms with E-state index in [-0.39, 0.29) is 16.5 Å². The normalized spacial score (nSPS) is 17.2. The molecule has 1 saturated heterocycles. The van der Waals surface area contributed by atoms with E-state index < -0.39 is 23.5 Å². The number of anilines is 1. The number of rotatable bonds is 6. The monoisotopic (exact) mass is 522 g/mol. The highest BCUT2D eigenvalue weighted by Gasteiger charge is 2.48. The van der Waals surface area contributed by atoms with Crippen LogP contribution in [0.3, 0.4) is 0 Å². The Labute approximate surface area is 215 Å². The molecule has 0 spiro atoms. The Balaban J connectivity index is 1.69. The number of hydrogen-bond donors (Lipinski definition) is 1. The number of ketones is 1. The van der Waals surface area contributed by atoms with Gasteiger partial charge in [0.2, 0.25) is 0 Å². The largest absolute Gasteiger partial charge is 0.507 e. The van der Waals surface area contributed by atoms with E-state index in [4.69, 9.17) is 16.3 Å². The van der Waals surface area contributed by atoms with Crippen LogP contribution in [-0.4, -0.2) is 28.4 Å². The third-order valence-corrected chi connectivity index (χ3v) is 6.99. The van der Waals surface area contributed by atoms with E-state index in [0.717, 1.165) is 17.8 Å². The van der Waals surface area contributed by atoms with Crippen LogP contribution in [0.4, 0.5) is 9.52 Å². The number of Topliss-reactive ketones (excluding diaryl/α,β-unsaturated/α-hetero) is 1. The van der Waals surface area contributed by atoms with Gasteiger partial charge in [0.15, 0.2) is 5.13 Å². The quantitative estimate of drug-likeness (QED) is 0.177. The average Bonchev–Trinajstić information content (AvgIpc) is 3.40. The minimum Gasteiger partial charge on any atom is -0.507 e. The van der Waals surface area contributed by atoms with Crippen molar-refractivity contribution in [2.24, 2.45) is 0 Å². The number of amides is 1.